The van der Waals surface area contributed by atoms with E-state index in [4.69, 9.17) is 10.7 Å². The summed E-state index contributed by atoms with van der Waals surface area (Å²) in [6.45, 7) is 5.79. The fourth-order valence-corrected chi connectivity index (χ4v) is 2.86. The van der Waals surface area contributed by atoms with Crippen molar-refractivity contribution in [2.45, 2.75) is 25.7 Å². The van der Waals surface area contributed by atoms with Gasteiger partial charge in [-0.15, -0.1) is 0 Å². The molecule has 0 saturated carbocycles. The summed E-state index contributed by atoms with van der Waals surface area (Å²) in [7, 11) is 1.65. The van der Waals surface area contributed by atoms with Crippen LogP contribution in [-0.4, -0.2) is 13.4 Å². The summed E-state index contributed by atoms with van der Waals surface area (Å²) >= 11 is 0. The van der Waals surface area contributed by atoms with Gasteiger partial charge in [-0.2, -0.15) is 0 Å². The van der Waals surface area contributed by atoms with Crippen molar-refractivity contribution in [3.63, 3.8) is 0 Å². The van der Waals surface area contributed by atoms with Crippen LogP contribution in [-0.2, 0) is 9.05 Å². The molecule has 0 aliphatic rings. The first-order chi connectivity index (χ1) is 7.82. The van der Waals surface area contributed by atoms with E-state index in [1.54, 1.807) is 6.07 Å². The molecule has 0 bridgehead atoms. The Bertz CT molecular complexity index is 708. The third kappa shape index (κ3) is 2.03. The van der Waals surface area contributed by atoms with Gasteiger partial charge in [0.1, 0.15) is 4.90 Å². The lowest BCUT2D eigenvalue weighted by atomic mass is 10.0. The van der Waals surface area contributed by atoms with Gasteiger partial charge in [-0.25, -0.2) is 8.42 Å². The molecule has 3 nitrogen and oxygen atoms in total. The molecule has 0 aliphatic carbocycles. The molecule has 0 N–H and O–H groups in total. The molecule has 17 heavy (non-hydrogen) atoms. The summed E-state index contributed by atoms with van der Waals surface area (Å²) < 4.78 is 23.0. The number of hydrogen-bond acceptors (Lipinski definition) is 3. The predicted octanol–water partition coefficient (Wildman–Crippen LogP) is 3.09. The molecule has 2 rings (SSSR count). The van der Waals surface area contributed by atoms with Gasteiger partial charge in [0.15, 0.2) is 0 Å². The fraction of sp³-hybridized carbons (Fsp3) is 0.250. The monoisotopic (exact) mass is 269 g/mol. The molecule has 0 radical (unpaired) electrons. The maximum atomic E-state index is 11.5. The van der Waals surface area contributed by atoms with Crippen molar-refractivity contribution in [1.82, 2.24) is 4.98 Å². The number of fused-ring (bicyclic) bond motifs is 1. The molecule has 0 spiro atoms. The Hall–Kier alpha value is -1.13. The number of nitrogens with zero attached hydrogens (tertiary/aromatic N) is 1. The molecular weight excluding hydrogens is 258 g/mol. The van der Waals surface area contributed by atoms with E-state index in [0.717, 1.165) is 22.2 Å². The van der Waals surface area contributed by atoms with Crippen molar-refractivity contribution in [3.05, 3.63) is 35.0 Å². The standard InChI is InChI=1S/C12H12ClNO2S/c1-7-8(2)10-5-4-6-11(17(13,15)16)12(10)14-9(7)3/h4-6H,1-3H3. The van der Waals surface area contributed by atoms with E-state index in [9.17, 15) is 8.42 Å². The Kier molecular flexibility index (Phi) is 2.87. The van der Waals surface area contributed by atoms with Gasteiger partial charge in [-0.05, 0) is 38.0 Å². The SMILES string of the molecule is Cc1nc2c(S(=O)(=O)Cl)cccc2c(C)c1C. The Morgan fingerprint density at radius 2 is 1.76 bits per heavy atom. The van der Waals surface area contributed by atoms with Gasteiger partial charge in [0, 0.05) is 21.8 Å². The summed E-state index contributed by atoms with van der Waals surface area (Å²) in [4.78, 5) is 4.41. The first-order valence-electron chi connectivity index (χ1n) is 5.13. The highest BCUT2D eigenvalue weighted by Gasteiger charge is 2.17. The van der Waals surface area contributed by atoms with Crippen molar-refractivity contribution < 1.29 is 8.42 Å². The molecule has 0 amide bonds. The van der Waals surface area contributed by atoms with Crippen LogP contribution in [0.5, 0.6) is 0 Å². The lowest BCUT2D eigenvalue weighted by Crippen LogP contribution is -1.99. The van der Waals surface area contributed by atoms with Crippen molar-refractivity contribution >= 4 is 30.6 Å². The van der Waals surface area contributed by atoms with Gasteiger partial charge >= 0.3 is 0 Å². The molecule has 0 aliphatic heterocycles. The zero-order valence-electron chi connectivity index (χ0n) is 9.78. The summed E-state index contributed by atoms with van der Waals surface area (Å²) in [5, 5.41) is 0.829. The average Bonchev–Trinajstić information content (AvgIpc) is 2.24. The van der Waals surface area contributed by atoms with Crippen LogP contribution in [0.25, 0.3) is 10.9 Å². The normalized spacial score (nSPS) is 12.0. The van der Waals surface area contributed by atoms with E-state index in [1.165, 1.54) is 6.07 Å². The molecule has 90 valence electrons. The van der Waals surface area contributed by atoms with E-state index < -0.39 is 9.05 Å². The maximum Gasteiger partial charge on any atom is 0.263 e. The fourth-order valence-electron chi connectivity index (χ4n) is 1.86. The summed E-state index contributed by atoms with van der Waals surface area (Å²) in [6, 6.07) is 5.02. The Morgan fingerprint density at radius 3 is 2.35 bits per heavy atom. The highest BCUT2D eigenvalue weighted by atomic mass is 35.7. The number of aromatic nitrogens is 1. The maximum absolute atomic E-state index is 11.5. The van der Waals surface area contributed by atoms with Crippen LogP contribution < -0.4 is 0 Å². The number of pyridine rings is 1. The van der Waals surface area contributed by atoms with E-state index in [1.807, 2.05) is 26.8 Å². The Morgan fingerprint density at radius 1 is 1.12 bits per heavy atom. The lowest BCUT2D eigenvalue weighted by Gasteiger charge is -2.10. The van der Waals surface area contributed by atoms with Gasteiger partial charge in [0.25, 0.3) is 9.05 Å². The van der Waals surface area contributed by atoms with Crippen molar-refractivity contribution in [1.29, 1.82) is 0 Å². The third-order valence-corrected chi connectivity index (χ3v) is 4.40. The quantitative estimate of drug-likeness (QED) is 0.748. The Balaban J connectivity index is 3.02. The average molecular weight is 270 g/mol. The molecule has 0 unspecified atom stereocenters. The van der Waals surface area contributed by atoms with Crippen molar-refractivity contribution in [2.24, 2.45) is 0 Å². The number of halogens is 1. The molecule has 0 fully saturated rings. The number of rotatable bonds is 1. The highest BCUT2D eigenvalue weighted by Crippen LogP contribution is 2.28. The van der Waals surface area contributed by atoms with E-state index in [0.29, 0.717) is 5.52 Å². The zero-order valence-corrected chi connectivity index (χ0v) is 11.4. The molecule has 0 atom stereocenters. The summed E-state index contributed by atoms with van der Waals surface area (Å²) in [5.74, 6) is 0. The van der Waals surface area contributed by atoms with Gasteiger partial charge in [-0.1, -0.05) is 12.1 Å². The summed E-state index contributed by atoms with van der Waals surface area (Å²) in [6.07, 6.45) is 0. The second kappa shape index (κ2) is 3.96. The number of hydrogen-bond donors (Lipinski definition) is 0. The molecule has 1 heterocycles. The molecule has 2 aromatic rings. The van der Waals surface area contributed by atoms with Crippen LogP contribution in [0.1, 0.15) is 16.8 Å². The van der Waals surface area contributed by atoms with Crippen molar-refractivity contribution in [3.8, 4) is 0 Å². The van der Waals surface area contributed by atoms with Crippen LogP contribution in [0.15, 0.2) is 23.1 Å². The minimum atomic E-state index is -3.77. The first kappa shape index (κ1) is 12.3. The van der Waals surface area contributed by atoms with E-state index in [-0.39, 0.29) is 4.90 Å². The summed E-state index contributed by atoms with van der Waals surface area (Å²) in [5.41, 5.74) is 3.38. The van der Waals surface area contributed by atoms with E-state index >= 15 is 0 Å². The van der Waals surface area contributed by atoms with E-state index in [2.05, 4.69) is 4.98 Å². The second-order valence-corrected chi connectivity index (χ2v) is 6.57. The predicted molar refractivity (Wildman–Crippen MR) is 69.0 cm³/mol. The Labute approximate surface area is 105 Å². The molecular formula is C12H12ClNO2S. The third-order valence-electron chi connectivity index (χ3n) is 3.05. The minimum absolute atomic E-state index is 0.0721. The molecule has 5 heteroatoms. The molecule has 1 aromatic heterocycles. The van der Waals surface area contributed by atoms with Gasteiger partial charge in [0.2, 0.25) is 0 Å². The zero-order chi connectivity index (χ0) is 12.8. The van der Waals surface area contributed by atoms with Crippen LogP contribution in [0.3, 0.4) is 0 Å². The van der Waals surface area contributed by atoms with Crippen molar-refractivity contribution in [2.75, 3.05) is 0 Å². The number of aryl methyl sites for hydroxylation is 2. The van der Waals surface area contributed by atoms with Crippen LogP contribution in [0.2, 0.25) is 0 Å². The topological polar surface area (TPSA) is 47.0 Å². The molecule has 1 aromatic carbocycles. The van der Waals surface area contributed by atoms with Gasteiger partial charge in [-0.3, -0.25) is 4.98 Å². The smallest absolute Gasteiger partial charge is 0.251 e. The van der Waals surface area contributed by atoms with Gasteiger partial charge < -0.3 is 0 Å². The van der Waals surface area contributed by atoms with Crippen LogP contribution in [0.4, 0.5) is 0 Å². The number of para-hydroxylation sites is 1. The minimum Gasteiger partial charge on any atom is -0.251 e. The number of benzene rings is 1. The van der Waals surface area contributed by atoms with Gasteiger partial charge in [0.05, 0.1) is 5.52 Å². The second-order valence-electron chi connectivity index (χ2n) is 4.04. The lowest BCUT2D eigenvalue weighted by molar-refractivity contribution is 0.610. The van der Waals surface area contributed by atoms with Crippen LogP contribution >= 0.6 is 10.7 Å². The van der Waals surface area contributed by atoms with Crippen LogP contribution in [0, 0.1) is 20.8 Å². The largest absolute Gasteiger partial charge is 0.263 e. The molecule has 0 saturated heterocycles. The first-order valence-corrected chi connectivity index (χ1v) is 7.44. The highest BCUT2D eigenvalue weighted by molar-refractivity contribution is 8.14.